The SMILES string of the molecule is O=C(NCCCn1nc(C(F)(F)F)cc1C1CC1)c1cc([N+](=O)[O-])[nH]n1. The molecule has 1 saturated carbocycles. The van der Waals surface area contributed by atoms with Crippen LogP contribution in [0.4, 0.5) is 19.0 Å². The van der Waals surface area contributed by atoms with Crippen molar-refractivity contribution in [1.29, 1.82) is 0 Å². The van der Waals surface area contributed by atoms with Gasteiger partial charge in [-0.25, -0.2) is 0 Å². The van der Waals surface area contributed by atoms with E-state index in [1.807, 2.05) is 0 Å². The summed E-state index contributed by atoms with van der Waals surface area (Å²) in [6.07, 6.45) is -2.44. The number of hydrogen-bond acceptors (Lipinski definition) is 5. The molecule has 2 heterocycles. The Bertz CT molecular complexity index is 824. The van der Waals surface area contributed by atoms with Gasteiger partial charge in [-0.15, -0.1) is 5.10 Å². The molecule has 1 aliphatic carbocycles. The second-order valence-corrected chi connectivity index (χ2v) is 5.95. The third-order valence-corrected chi connectivity index (χ3v) is 3.92. The molecular weight excluding hydrogens is 357 g/mol. The van der Waals surface area contributed by atoms with Gasteiger partial charge in [0, 0.05) is 24.7 Å². The van der Waals surface area contributed by atoms with Gasteiger partial charge < -0.3 is 15.4 Å². The van der Waals surface area contributed by atoms with Crippen LogP contribution in [-0.4, -0.2) is 37.4 Å². The fourth-order valence-corrected chi connectivity index (χ4v) is 2.50. The highest BCUT2D eigenvalue weighted by Gasteiger charge is 2.37. The normalized spacial score (nSPS) is 14.4. The summed E-state index contributed by atoms with van der Waals surface area (Å²) in [6, 6.07) is 2.09. The average Bonchev–Trinajstić information content (AvgIpc) is 3.11. The molecule has 9 nitrogen and oxygen atoms in total. The Kier molecular flexibility index (Phi) is 4.66. The van der Waals surface area contributed by atoms with Crippen LogP contribution in [0.3, 0.4) is 0 Å². The molecule has 1 aliphatic rings. The Labute approximate surface area is 144 Å². The van der Waals surface area contributed by atoms with Gasteiger partial charge in [-0.2, -0.15) is 18.3 Å². The minimum atomic E-state index is -4.49. The summed E-state index contributed by atoms with van der Waals surface area (Å²) in [5.74, 6) is -0.897. The van der Waals surface area contributed by atoms with Crippen molar-refractivity contribution < 1.29 is 22.9 Å². The van der Waals surface area contributed by atoms with E-state index >= 15 is 0 Å². The number of rotatable bonds is 7. The lowest BCUT2D eigenvalue weighted by Gasteiger charge is -2.07. The van der Waals surface area contributed by atoms with Gasteiger partial charge in [0.2, 0.25) is 0 Å². The number of alkyl halides is 3. The largest absolute Gasteiger partial charge is 0.435 e. The second kappa shape index (κ2) is 6.77. The van der Waals surface area contributed by atoms with E-state index in [-0.39, 0.29) is 24.7 Å². The van der Waals surface area contributed by atoms with E-state index in [1.165, 1.54) is 4.68 Å². The van der Waals surface area contributed by atoms with Crippen LogP contribution in [0, 0.1) is 10.1 Å². The molecule has 0 unspecified atom stereocenters. The van der Waals surface area contributed by atoms with Crippen molar-refractivity contribution in [1.82, 2.24) is 25.3 Å². The number of amides is 1. The molecule has 140 valence electrons. The molecule has 3 rings (SSSR count). The zero-order valence-electron chi connectivity index (χ0n) is 13.4. The molecule has 0 spiro atoms. The molecule has 0 atom stereocenters. The van der Waals surface area contributed by atoms with E-state index in [4.69, 9.17) is 0 Å². The number of hydrogen-bond donors (Lipinski definition) is 2. The monoisotopic (exact) mass is 372 g/mol. The van der Waals surface area contributed by atoms with Gasteiger partial charge in [0.15, 0.2) is 11.4 Å². The minimum Gasteiger partial charge on any atom is -0.358 e. The Morgan fingerprint density at radius 1 is 1.42 bits per heavy atom. The van der Waals surface area contributed by atoms with Crippen LogP contribution in [0.2, 0.25) is 0 Å². The van der Waals surface area contributed by atoms with Gasteiger partial charge in [0.25, 0.3) is 5.91 Å². The molecule has 2 aromatic rings. The number of halogens is 3. The number of nitrogens with zero attached hydrogens (tertiary/aromatic N) is 4. The third kappa shape index (κ3) is 4.00. The molecule has 0 aliphatic heterocycles. The molecular formula is C14H15F3N6O3. The number of nitrogens with one attached hydrogen (secondary N) is 2. The number of carbonyl (C=O) groups is 1. The lowest BCUT2D eigenvalue weighted by atomic mass is 10.2. The van der Waals surface area contributed by atoms with Crippen LogP contribution >= 0.6 is 0 Å². The summed E-state index contributed by atoms with van der Waals surface area (Å²) >= 11 is 0. The first-order chi connectivity index (χ1) is 12.3. The fourth-order valence-electron chi connectivity index (χ4n) is 2.50. The van der Waals surface area contributed by atoms with Crippen LogP contribution in [0.5, 0.6) is 0 Å². The van der Waals surface area contributed by atoms with Crippen molar-refractivity contribution in [3.63, 3.8) is 0 Å². The van der Waals surface area contributed by atoms with Crippen LogP contribution in [-0.2, 0) is 12.7 Å². The number of aromatic amines is 1. The van der Waals surface area contributed by atoms with Crippen molar-refractivity contribution in [2.45, 2.75) is 37.9 Å². The van der Waals surface area contributed by atoms with E-state index in [0.29, 0.717) is 12.1 Å². The average molecular weight is 372 g/mol. The Morgan fingerprint density at radius 3 is 2.73 bits per heavy atom. The van der Waals surface area contributed by atoms with Crippen molar-refractivity contribution in [3.8, 4) is 0 Å². The van der Waals surface area contributed by atoms with Gasteiger partial charge in [0.05, 0.1) is 6.07 Å². The van der Waals surface area contributed by atoms with Crippen LogP contribution < -0.4 is 5.32 Å². The Hall–Kier alpha value is -2.92. The number of carbonyl (C=O) groups excluding carboxylic acids is 1. The second-order valence-electron chi connectivity index (χ2n) is 5.95. The molecule has 0 bridgehead atoms. The molecule has 1 fully saturated rings. The van der Waals surface area contributed by atoms with Gasteiger partial charge >= 0.3 is 12.0 Å². The molecule has 0 radical (unpaired) electrons. The summed E-state index contributed by atoms with van der Waals surface area (Å²) in [5, 5.41) is 22.3. The van der Waals surface area contributed by atoms with Gasteiger partial charge in [-0.05, 0) is 30.3 Å². The van der Waals surface area contributed by atoms with E-state index in [2.05, 4.69) is 20.6 Å². The lowest BCUT2D eigenvalue weighted by molar-refractivity contribution is -0.389. The number of aromatic nitrogens is 4. The zero-order chi connectivity index (χ0) is 18.9. The molecule has 0 aromatic carbocycles. The van der Waals surface area contributed by atoms with E-state index in [0.717, 1.165) is 25.0 Å². The smallest absolute Gasteiger partial charge is 0.358 e. The maximum absolute atomic E-state index is 12.8. The van der Waals surface area contributed by atoms with Gasteiger partial charge in [-0.1, -0.05) is 5.10 Å². The standard InChI is InChI=1S/C14H15F3N6O3/c15-14(16,17)11-7-10(8-2-3-8)22(21-11)5-1-4-18-13(24)9-6-12(20-19-9)23(25)26/h6-8H,1-5H2,(H,18,24)(H,19,20). The highest BCUT2D eigenvalue weighted by atomic mass is 19.4. The molecule has 1 amide bonds. The highest BCUT2D eigenvalue weighted by molar-refractivity contribution is 5.92. The van der Waals surface area contributed by atoms with Crippen LogP contribution in [0.1, 0.15) is 47.1 Å². The van der Waals surface area contributed by atoms with E-state index in [1.54, 1.807) is 0 Å². The van der Waals surface area contributed by atoms with E-state index < -0.39 is 28.5 Å². The summed E-state index contributed by atoms with van der Waals surface area (Å²) in [6.45, 7) is 0.397. The van der Waals surface area contributed by atoms with Crippen molar-refractivity contribution >= 4 is 11.7 Å². The predicted octanol–water partition coefficient (Wildman–Crippen LogP) is 2.23. The van der Waals surface area contributed by atoms with E-state index in [9.17, 15) is 28.1 Å². The molecule has 0 saturated heterocycles. The van der Waals surface area contributed by atoms with Crippen molar-refractivity contribution in [3.05, 3.63) is 39.3 Å². The number of aryl methyl sites for hydroxylation is 1. The maximum atomic E-state index is 12.8. The van der Waals surface area contributed by atoms with Crippen LogP contribution in [0.15, 0.2) is 12.1 Å². The van der Waals surface area contributed by atoms with Gasteiger partial charge in [0.1, 0.15) is 0 Å². The third-order valence-electron chi connectivity index (χ3n) is 3.92. The minimum absolute atomic E-state index is 0.109. The fraction of sp³-hybridized carbons (Fsp3) is 0.500. The summed E-state index contributed by atoms with van der Waals surface area (Å²) in [4.78, 5) is 21.6. The zero-order valence-corrected chi connectivity index (χ0v) is 13.4. The topological polar surface area (TPSA) is 119 Å². The Balaban J connectivity index is 1.54. The first-order valence-corrected chi connectivity index (χ1v) is 7.88. The van der Waals surface area contributed by atoms with Crippen molar-refractivity contribution in [2.24, 2.45) is 0 Å². The first-order valence-electron chi connectivity index (χ1n) is 7.88. The highest BCUT2D eigenvalue weighted by Crippen LogP contribution is 2.42. The molecule has 2 aromatic heterocycles. The van der Waals surface area contributed by atoms with Crippen molar-refractivity contribution in [2.75, 3.05) is 6.54 Å². The maximum Gasteiger partial charge on any atom is 0.435 e. The van der Waals surface area contributed by atoms with Crippen LogP contribution in [0.25, 0.3) is 0 Å². The van der Waals surface area contributed by atoms with Gasteiger partial charge in [-0.3, -0.25) is 9.48 Å². The summed E-state index contributed by atoms with van der Waals surface area (Å²) < 4.78 is 39.8. The lowest BCUT2D eigenvalue weighted by Crippen LogP contribution is -2.25. The molecule has 12 heteroatoms. The Morgan fingerprint density at radius 2 is 2.15 bits per heavy atom. The first kappa shape index (κ1) is 17.9. The summed E-state index contributed by atoms with van der Waals surface area (Å²) in [7, 11) is 0. The predicted molar refractivity (Wildman–Crippen MR) is 81.4 cm³/mol. The molecule has 26 heavy (non-hydrogen) atoms. The number of H-pyrrole nitrogens is 1. The number of nitro groups is 1. The quantitative estimate of drug-likeness (QED) is 0.439. The molecule has 2 N–H and O–H groups in total. The summed E-state index contributed by atoms with van der Waals surface area (Å²) in [5.41, 5.74) is -0.479.